The van der Waals surface area contributed by atoms with E-state index < -0.39 is 7.75 Å². The molecule has 1 aromatic carbocycles. The molecule has 0 spiro atoms. The van der Waals surface area contributed by atoms with Crippen molar-refractivity contribution in [2.75, 3.05) is 6.61 Å². The number of nitrogens with one attached hydrogen (secondary N) is 1. The third-order valence-corrected chi connectivity index (χ3v) is 3.21. The lowest BCUT2D eigenvalue weighted by Crippen LogP contribution is -2.07. The van der Waals surface area contributed by atoms with Gasteiger partial charge in [0.05, 0.1) is 6.21 Å². The summed E-state index contributed by atoms with van der Waals surface area (Å²) in [4.78, 5) is 17.3. The van der Waals surface area contributed by atoms with E-state index in [-0.39, 0.29) is 5.92 Å². The van der Waals surface area contributed by atoms with Gasteiger partial charge in [0.1, 0.15) is 12.4 Å². The predicted molar refractivity (Wildman–Crippen MR) is 83.7 cm³/mol. The number of rotatable bonds is 7. The zero-order valence-corrected chi connectivity index (χ0v) is 13.4. The molecule has 0 heterocycles. The second-order valence-corrected chi connectivity index (χ2v) is 6.41. The van der Waals surface area contributed by atoms with Gasteiger partial charge in [-0.25, -0.2) is 9.76 Å². The number of hydrogen-bond acceptors (Lipinski definition) is 3. The Bertz CT molecular complexity index is 584. The van der Waals surface area contributed by atoms with Crippen molar-refractivity contribution in [2.45, 2.75) is 13.8 Å². The van der Waals surface area contributed by atoms with Crippen LogP contribution < -0.4 is 9.93 Å². The van der Waals surface area contributed by atoms with E-state index in [4.69, 9.17) is 26.1 Å². The number of nitrogens with zero attached hydrogens (tertiary/aromatic N) is 1. The molecule has 0 aliphatic carbocycles. The van der Waals surface area contributed by atoms with Gasteiger partial charge >= 0.3 is 7.75 Å². The molecule has 0 aliphatic rings. The van der Waals surface area contributed by atoms with Crippen molar-refractivity contribution in [3.63, 3.8) is 0 Å². The fraction of sp³-hybridized carbons (Fsp3) is 0.308. The van der Waals surface area contributed by atoms with Crippen LogP contribution in [0.3, 0.4) is 0 Å². The molecular weight excluding hydrogens is 315 g/mol. The molecule has 0 bridgehead atoms. The Hall–Kier alpha value is -1.33. The zero-order chi connectivity index (χ0) is 16.0. The van der Waals surface area contributed by atoms with E-state index >= 15 is 0 Å². The van der Waals surface area contributed by atoms with Gasteiger partial charge in [0.2, 0.25) is 0 Å². The van der Waals surface area contributed by atoms with Crippen LogP contribution in [0.25, 0.3) is 0 Å². The summed E-state index contributed by atoms with van der Waals surface area (Å²) < 4.78 is 16.3. The lowest BCUT2D eigenvalue weighted by Gasteiger charge is -2.13. The van der Waals surface area contributed by atoms with E-state index in [1.807, 2.05) is 13.8 Å². The molecule has 1 rings (SSSR count). The first-order chi connectivity index (χ1) is 9.69. The summed E-state index contributed by atoms with van der Waals surface area (Å²) in [6.07, 6.45) is 1.25. The number of hydrazone groups is 1. The number of halogens is 1. The van der Waals surface area contributed by atoms with Crippen molar-refractivity contribution < 1.29 is 19.1 Å². The van der Waals surface area contributed by atoms with E-state index in [9.17, 15) is 4.57 Å². The van der Waals surface area contributed by atoms with Crippen LogP contribution in [-0.4, -0.2) is 22.6 Å². The number of ether oxygens (including phenoxy) is 1. The van der Waals surface area contributed by atoms with Crippen LogP contribution in [0, 0.1) is 5.92 Å². The fourth-order valence-corrected chi connectivity index (χ4v) is 1.62. The van der Waals surface area contributed by atoms with Crippen LogP contribution in [0.1, 0.15) is 19.4 Å². The molecule has 3 N–H and O–H groups in total. The minimum atomic E-state index is -4.40. The van der Waals surface area contributed by atoms with Crippen molar-refractivity contribution in [3.8, 4) is 5.75 Å². The van der Waals surface area contributed by atoms with Gasteiger partial charge in [-0.2, -0.15) is 5.10 Å². The highest BCUT2D eigenvalue weighted by atomic mass is 35.5. The van der Waals surface area contributed by atoms with Crippen LogP contribution >= 0.6 is 19.3 Å². The molecule has 0 atom stereocenters. The van der Waals surface area contributed by atoms with Gasteiger partial charge in [0, 0.05) is 10.6 Å². The minimum absolute atomic E-state index is 0.289. The monoisotopic (exact) mass is 332 g/mol. The molecule has 116 valence electrons. The second-order valence-electron chi connectivity index (χ2n) is 4.69. The van der Waals surface area contributed by atoms with Crippen molar-refractivity contribution in [2.24, 2.45) is 11.0 Å². The smallest absolute Gasteiger partial charge is 0.443 e. The van der Waals surface area contributed by atoms with Gasteiger partial charge in [-0.3, -0.25) is 0 Å². The Morgan fingerprint density at radius 3 is 2.81 bits per heavy atom. The van der Waals surface area contributed by atoms with Gasteiger partial charge in [0.15, 0.2) is 0 Å². The van der Waals surface area contributed by atoms with Crippen molar-refractivity contribution in [3.05, 3.63) is 40.9 Å². The second kappa shape index (κ2) is 7.61. The molecule has 6 nitrogen and oxygen atoms in total. The maximum absolute atomic E-state index is 10.7. The lowest BCUT2D eigenvalue weighted by molar-refractivity contribution is 0.339. The summed E-state index contributed by atoms with van der Waals surface area (Å²) in [6, 6.07) is 4.87. The van der Waals surface area contributed by atoms with Gasteiger partial charge in [-0.15, -0.1) is 0 Å². The fourth-order valence-electron chi connectivity index (χ4n) is 1.25. The molecule has 0 radical (unpaired) electrons. The van der Waals surface area contributed by atoms with Gasteiger partial charge < -0.3 is 14.5 Å². The van der Waals surface area contributed by atoms with Crippen molar-refractivity contribution in [1.29, 1.82) is 0 Å². The van der Waals surface area contributed by atoms with Gasteiger partial charge in [0.25, 0.3) is 0 Å². The molecular formula is C13H18ClN2O4P. The highest BCUT2D eigenvalue weighted by Gasteiger charge is 2.10. The molecule has 0 aliphatic heterocycles. The molecule has 1 aromatic rings. The normalized spacial score (nSPS) is 11.9. The molecule has 0 unspecified atom stereocenters. The largest absolute Gasteiger partial charge is 0.489 e. The third kappa shape index (κ3) is 6.78. The molecule has 8 heteroatoms. The summed E-state index contributed by atoms with van der Waals surface area (Å²) in [5.74, 6) is 0.748. The Kier molecular flexibility index (Phi) is 6.42. The maximum atomic E-state index is 10.7. The zero-order valence-electron chi connectivity index (χ0n) is 11.8. The maximum Gasteiger partial charge on any atom is 0.443 e. The molecule has 0 fully saturated rings. The topological polar surface area (TPSA) is 91.2 Å². The first kappa shape index (κ1) is 17.7. The quantitative estimate of drug-likeness (QED) is 0.309. The van der Waals surface area contributed by atoms with Gasteiger partial charge in [-0.1, -0.05) is 32.0 Å². The first-order valence-corrected chi connectivity index (χ1v) is 8.14. The summed E-state index contributed by atoms with van der Waals surface area (Å²) in [5.41, 5.74) is 1.46. The Balaban J connectivity index is 2.85. The number of hydrogen-bond donors (Lipinski definition) is 3. The highest BCUT2D eigenvalue weighted by molar-refractivity contribution is 7.49. The van der Waals surface area contributed by atoms with Crippen LogP contribution in [0.5, 0.6) is 5.75 Å². The van der Waals surface area contributed by atoms with E-state index in [0.717, 1.165) is 5.57 Å². The first-order valence-electron chi connectivity index (χ1n) is 6.15. The summed E-state index contributed by atoms with van der Waals surface area (Å²) in [7, 11) is -4.40. The van der Waals surface area contributed by atoms with Crippen molar-refractivity contribution >= 4 is 25.6 Å². The van der Waals surface area contributed by atoms with Crippen LogP contribution in [0.15, 0.2) is 35.5 Å². The Morgan fingerprint density at radius 2 is 2.24 bits per heavy atom. The number of benzene rings is 1. The molecule has 0 aromatic heterocycles. The van der Waals surface area contributed by atoms with Crippen LogP contribution in [0.2, 0.25) is 5.02 Å². The minimum Gasteiger partial charge on any atom is -0.489 e. The molecule has 21 heavy (non-hydrogen) atoms. The summed E-state index contributed by atoms with van der Waals surface area (Å²) in [5, 5.41) is 5.69. The van der Waals surface area contributed by atoms with Crippen LogP contribution in [-0.2, 0) is 4.57 Å². The van der Waals surface area contributed by atoms with Gasteiger partial charge in [-0.05, 0) is 29.7 Å². The molecule has 0 amide bonds. The summed E-state index contributed by atoms with van der Waals surface area (Å²) in [6.45, 7) is 8.25. The standard InChI is InChI=1S/C13H18ClN2O4P/c1-9(2)10(3)8-20-13-6-12(14)5-4-11(13)7-15-16-21(17,18)19/h4-7,9H,3,8H2,1-2H3,(H3,16,17,18,19). The Morgan fingerprint density at radius 1 is 1.57 bits per heavy atom. The third-order valence-electron chi connectivity index (χ3n) is 2.60. The molecule has 0 saturated carbocycles. The summed E-state index contributed by atoms with van der Waals surface area (Å²) >= 11 is 5.91. The highest BCUT2D eigenvalue weighted by Crippen LogP contribution is 2.28. The average Bonchev–Trinajstić information content (AvgIpc) is 2.36. The van der Waals surface area contributed by atoms with Crippen LogP contribution in [0.4, 0.5) is 0 Å². The van der Waals surface area contributed by atoms with E-state index in [2.05, 4.69) is 11.7 Å². The predicted octanol–water partition coefficient (Wildman–Crippen LogP) is 2.95. The van der Waals surface area contributed by atoms with E-state index in [1.54, 1.807) is 23.4 Å². The van der Waals surface area contributed by atoms with E-state index in [1.165, 1.54) is 6.21 Å². The lowest BCUT2D eigenvalue weighted by atomic mass is 10.1. The van der Waals surface area contributed by atoms with Crippen molar-refractivity contribution in [1.82, 2.24) is 5.20 Å². The molecule has 0 saturated heterocycles. The average molecular weight is 333 g/mol. The Labute approximate surface area is 128 Å². The SMILES string of the molecule is C=C(COc1cc(Cl)ccc1C=NNP(=O)(O)O)C(C)C. The van der Waals surface area contributed by atoms with E-state index in [0.29, 0.717) is 22.9 Å².